The number of nitrogens with zero attached hydrogens (tertiary/aromatic N) is 4. The standard InChI is InChI=1S/C23H32N6OS/c1-15-16(2)29(18-10-4-3-5-11-18)22(19(15)13-24)26-21(30)14-31-23-25-20(27-28-23)12-17-8-6-7-9-17/h17-18H,3-12,14H2,1-2H3,(H,26,30)(H,25,27,28). The first kappa shape index (κ1) is 21.9. The van der Waals surface area contributed by atoms with Crippen molar-refractivity contribution in [1.29, 1.82) is 5.26 Å². The normalized spacial score (nSPS) is 17.7. The fourth-order valence-corrected chi connectivity index (χ4v) is 5.72. The molecule has 1 amide bonds. The molecule has 7 nitrogen and oxygen atoms in total. The van der Waals surface area contributed by atoms with Crippen molar-refractivity contribution in [2.45, 2.75) is 89.3 Å². The molecule has 166 valence electrons. The van der Waals surface area contributed by atoms with E-state index in [1.165, 1.54) is 56.7 Å². The van der Waals surface area contributed by atoms with E-state index in [0.717, 1.165) is 36.3 Å². The summed E-state index contributed by atoms with van der Waals surface area (Å²) in [7, 11) is 0. The number of hydrogen-bond acceptors (Lipinski definition) is 5. The van der Waals surface area contributed by atoms with Crippen LogP contribution in [-0.4, -0.2) is 31.4 Å². The van der Waals surface area contributed by atoms with Crippen molar-refractivity contribution < 1.29 is 4.79 Å². The van der Waals surface area contributed by atoms with Crippen molar-refractivity contribution in [3.63, 3.8) is 0 Å². The molecule has 2 aliphatic carbocycles. The Morgan fingerprint density at radius 3 is 2.61 bits per heavy atom. The van der Waals surface area contributed by atoms with Gasteiger partial charge in [-0.05, 0) is 38.2 Å². The smallest absolute Gasteiger partial charge is 0.235 e. The van der Waals surface area contributed by atoms with Crippen LogP contribution in [0, 0.1) is 31.1 Å². The summed E-state index contributed by atoms with van der Waals surface area (Å²) in [5.74, 6) is 2.38. The van der Waals surface area contributed by atoms with Crippen LogP contribution in [0.25, 0.3) is 0 Å². The summed E-state index contributed by atoms with van der Waals surface area (Å²) >= 11 is 1.33. The first-order valence-electron chi connectivity index (χ1n) is 11.5. The molecule has 4 rings (SSSR count). The van der Waals surface area contributed by atoms with Crippen molar-refractivity contribution in [2.24, 2.45) is 5.92 Å². The van der Waals surface area contributed by atoms with E-state index in [1.54, 1.807) is 0 Å². The molecule has 2 saturated carbocycles. The lowest BCUT2D eigenvalue weighted by Gasteiger charge is -2.27. The Kier molecular flexibility index (Phi) is 7.01. The molecule has 8 heteroatoms. The maximum Gasteiger partial charge on any atom is 0.235 e. The monoisotopic (exact) mass is 440 g/mol. The van der Waals surface area contributed by atoms with Crippen LogP contribution in [0.5, 0.6) is 0 Å². The fourth-order valence-electron chi connectivity index (χ4n) is 5.10. The molecule has 2 N–H and O–H groups in total. The van der Waals surface area contributed by atoms with Gasteiger partial charge in [-0.15, -0.1) is 5.10 Å². The summed E-state index contributed by atoms with van der Waals surface area (Å²) in [5, 5.41) is 20.7. The zero-order valence-electron chi connectivity index (χ0n) is 18.5. The maximum atomic E-state index is 12.8. The highest BCUT2D eigenvalue weighted by Gasteiger charge is 2.26. The van der Waals surface area contributed by atoms with E-state index in [9.17, 15) is 10.1 Å². The molecular weight excluding hydrogens is 408 g/mol. The van der Waals surface area contributed by atoms with Crippen LogP contribution in [-0.2, 0) is 11.2 Å². The number of thioether (sulfide) groups is 1. The van der Waals surface area contributed by atoms with Crippen LogP contribution in [0.1, 0.15) is 86.5 Å². The topological polar surface area (TPSA) is 99.4 Å². The van der Waals surface area contributed by atoms with Gasteiger partial charge in [-0.3, -0.25) is 9.89 Å². The van der Waals surface area contributed by atoms with Crippen LogP contribution in [0.2, 0.25) is 0 Å². The van der Waals surface area contributed by atoms with Crippen molar-refractivity contribution in [3.8, 4) is 6.07 Å². The van der Waals surface area contributed by atoms with E-state index >= 15 is 0 Å². The Bertz CT molecular complexity index is 960. The third kappa shape index (κ3) is 4.98. The summed E-state index contributed by atoms with van der Waals surface area (Å²) in [4.78, 5) is 17.3. The third-order valence-corrected chi connectivity index (χ3v) is 7.71. The number of nitriles is 1. The van der Waals surface area contributed by atoms with Gasteiger partial charge in [-0.25, -0.2) is 4.98 Å². The quantitative estimate of drug-likeness (QED) is 0.586. The first-order chi connectivity index (χ1) is 15.1. The molecule has 0 aliphatic heterocycles. The molecule has 2 aliphatic rings. The van der Waals surface area contributed by atoms with Gasteiger partial charge in [0.1, 0.15) is 17.7 Å². The highest BCUT2D eigenvalue weighted by molar-refractivity contribution is 7.99. The molecule has 2 aromatic heterocycles. The number of hydrogen-bond donors (Lipinski definition) is 2. The van der Waals surface area contributed by atoms with E-state index in [-0.39, 0.29) is 11.7 Å². The van der Waals surface area contributed by atoms with Gasteiger partial charge in [0.15, 0.2) is 0 Å². The van der Waals surface area contributed by atoms with E-state index in [0.29, 0.717) is 28.5 Å². The SMILES string of the molecule is Cc1c(C#N)c(NC(=O)CSc2n[nH]c(CC3CCCC3)n2)n(C2CCCCC2)c1C. The number of carbonyl (C=O) groups excluding carboxylic acids is 1. The number of rotatable bonds is 7. The van der Waals surface area contributed by atoms with Crippen LogP contribution in [0.4, 0.5) is 5.82 Å². The Labute approximate surface area is 188 Å². The van der Waals surface area contributed by atoms with Crippen molar-refractivity contribution in [3.05, 3.63) is 22.6 Å². The second-order valence-corrected chi connectivity index (χ2v) is 9.91. The number of carbonyl (C=O) groups is 1. The summed E-state index contributed by atoms with van der Waals surface area (Å²) < 4.78 is 2.20. The summed E-state index contributed by atoms with van der Waals surface area (Å²) in [6, 6.07) is 2.66. The minimum absolute atomic E-state index is 0.127. The van der Waals surface area contributed by atoms with Gasteiger partial charge in [-0.2, -0.15) is 5.26 Å². The number of aromatic nitrogens is 4. The van der Waals surface area contributed by atoms with Gasteiger partial charge in [0.25, 0.3) is 0 Å². The van der Waals surface area contributed by atoms with Crippen LogP contribution in [0.3, 0.4) is 0 Å². The minimum Gasteiger partial charge on any atom is -0.327 e. The number of aromatic amines is 1. The molecule has 0 bridgehead atoms. The average Bonchev–Trinajstić information content (AvgIpc) is 3.50. The van der Waals surface area contributed by atoms with Crippen molar-refractivity contribution in [2.75, 3.05) is 11.1 Å². The molecule has 31 heavy (non-hydrogen) atoms. The lowest BCUT2D eigenvalue weighted by Crippen LogP contribution is -2.21. The molecule has 2 heterocycles. The lowest BCUT2D eigenvalue weighted by atomic mass is 9.95. The van der Waals surface area contributed by atoms with Crippen LogP contribution in [0.15, 0.2) is 5.16 Å². The van der Waals surface area contributed by atoms with Gasteiger partial charge < -0.3 is 9.88 Å². The first-order valence-corrected chi connectivity index (χ1v) is 12.5. The molecule has 0 saturated heterocycles. The molecule has 2 aromatic rings. The minimum atomic E-state index is -0.127. The highest BCUT2D eigenvalue weighted by Crippen LogP contribution is 2.37. The van der Waals surface area contributed by atoms with E-state index in [1.807, 2.05) is 6.92 Å². The van der Waals surface area contributed by atoms with Gasteiger partial charge in [0.2, 0.25) is 11.1 Å². The van der Waals surface area contributed by atoms with Crippen LogP contribution < -0.4 is 5.32 Å². The molecule has 0 aromatic carbocycles. The van der Waals surface area contributed by atoms with Crippen molar-refractivity contribution >= 4 is 23.5 Å². The number of amides is 1. The highest BCUT2D eigenvalue weighted by atomic mass is 32.2. The second kappa shape index (κ2) is 9.90. The Morgan fingerprint density at radius 2 is 1.90 bits per heavy atom. The zero-order chi connectivity index (χ0) is 21.8. The number of anilines is 1. The average molecular weight is 441 g/mol. The molecule has 2 fully saturated rings. The number of H-pyrrole nitrogens is 1. The fraction of sp³-hybridized carbons (Fsp3) is 0.652. The predicted molar refractivity (Wildman–Crippen MR) is 122 cm³/mol. The number of nitrogens with one attached hydrogen (secondary N) is 2. The molecular formula is C23H32N6OS. The van der Waals surface area contributed by atoms with Gasteiger partial charge >= 0.3 is 0 Å². The predicted octanol–water partition coefficient (Wildman–Crippen LogP) is 5.06. The van der Waals surface area contributed by atoms with E-state index in [4.69, 9.17) is 0 Å². The van der Waals surface area contributed by atoms with Gasteiger partial charge in [0, 0.05) is 18.2 Å². The molecule has 0 radical (unpaired) electrons. The lowest BCUT2D eigenvalue weighted by molar-refractivity contribution is -0.113. The Hall–Kier alpha value is -2.27. The maximum absolute atomic E-state index is 12.8. The van der Waals surface area contributed by atoms with E-state index < -0.39 is 0 Å². The summed E-state index contributed by atoms with van der Waals surface area (Å²) in [6.07, 6.45) is 12.0. The van der Waals surface area contributed by atoms with Gasteiger partial charge in [0.05, 0.1) is 11.3 Å². The Balaban J connectivity index is 1.41. The van der Waals surface area contributed by atoms with E-state index in [2.05, 4.69) is 38.1 Å². The second-order valence-electron chi connectivity index (χ2n) is 8.96. The largest absolute Gasteiger partial charge is 0.327 e. The Morgan fingerprint density at radius 1 is 1.19 bits per heavy atom. The molecule has 0 spiro atoms. The van der Waals surface area contributed by atoms with Crippen molar-refractivity contribution in [1.82, 2.24) is 19.7 Å². The molecule has 0 unspecified atom stereocenters. The third-order valence-electron chi connectivity index (χ3n) is 6.87. The zero-order valence-corrected chi connectivity index (χ0v) is 19.4. The summed E-state index contributed by atoms with van der Waals surface area (Å²) in [6.45, 7) is 4.02. The molecule has 0 atom stereocenters. The summed E-state index contributed by atoms with van der Waals surface area (Å²) in [5.41, 5.74) is 2.62. The van der Waals surface area contributed by atoms with Crippen LogP contribution >= 0.6 is 11.8 Å². The van der Waals surface area contributed by atoms with Gasteiger partial charge in [-0.1, -0.05) is 56.7 Å².